The van der Waals surface area contributed by atoms with Crippen LogP contribution in [0.5, 0.6) is 0 Å². The minimum absolute atomic E-state index is 0. The second kappa shape index (κ2) is 5.42. The van der Waals surface area contributed by atoms with Gasteiger partial charge in [0.05, 0.1) is 0 Å². The van der Waals surface area contributed by atoms with Crippen molar-refractivity contribution in [3.63, 3.8) is 0 Å². The predicted octanol–water partition coefficient (Wildman–Crippen LogP) is 2.31. The van der Waals surface area contributed by atoms with Crippen LogP contribution in [0.15, 0.2) is 24.3 Å². The molecule has 0 bridgehead atoms. The Kier molecular flexibility index (Phi) is 5.30. The molecule has 0 spiro atoms. The van der Waals surface area contributed by atoms with E-state index in [1.54, 1.807) is 0 Å². The first-order valence-electron chi connectivity index (χ1n) is 3.21. The monoisotopic (exact) mass is 191 g/mol. The molecule has 11 heavy (non-hydrogen) atoms. The van der Waals surface area contributed by atoms with E-state index in [2.05, 4.69) is 0 Å². The first-order chi connectivity index (χ1) is 4.88. The van der Waals surface area contributed by atoms with Gasteiger partial charge in [-0.1, -0.05) is 24.3 Å². The lowest BCUT2D eigenvalue weighted by Crippen LogP contribution is -1.99. The van der Waals surface area contributed by atoms with Crippen molar-refractivity contribution in [1.82, 2.24) is 0 Å². The summed E-state index contributed by atoms with van der Waals surface area (Å²) in [7, 11) is 0. The largest absolute Gasteiger partial charge is 0.326 e. The molecular weight excluding hydrogens is 181 g/mol. The maximum Gasteiger partial charge on any atom is 0.0477 e. The predicted molar refractivity (Wildman–Crippen MR) is 51.1 cm³/mol. The Morgan fingerprint density at radius 1 is 1.18 bits per heavy atom. The molecule has 0 saturated heterocycles. The van der Waals surface area contributed by atoms with Crippen LogP contribution in [-0.2, 0) is 12.4 Å². The van der Waals surface area contributed by atoms with Crippen LogP contribution in [0.3, 0.4) is 0 Å². The van der Waals surface area contributed by atoms with Crippen LogP contribution < -0.4 is 5.73 Å². The first kappa shape index (κ1) is 10.8. The van der Waals surface area contributed by atoms with E-state index in [9.17, 15) is 0 Å². The minimum atomic E-state index is 0. The van der Waals surface area contributed by atoms with Crippen LogP contribution in [0.4, 0.5) is 0 Å². The molecule has 3 heteroatoms. The molecule has 1 rings (SSSR count). The highest BCUT2D eigenvalue weighted by molar-refractivity contribution is 6.17. The lowest BCUT2D eigenvalue weighted by atomic mass is 10.1. The van der Waals surface area contributed by atoms with Crippen molar-refractivity contribution in [2.75, 3.05) is 0 Å². The Bertz CT molecular complexity index is 190. The number of hydrogen-bond donors (Lipinski definition) is 1. The van der Waals surface area contributed by atoms with Crippen molar-refractivity contribution < 1.29 is 0 Å². The minimum Gasteiger partial charge on any atom is -0.326 e. The van der Waals surface area contributed by atoms with Crippen LogP contribution in [0.1, 0.15) is 11.1 Å². The van der Waals surface area contributed by atoms with E-state index in [1.165, 1.54) is 0 Å². The molecule has 2 N–H and O–H groups in total. The Morgan fingerprint density at radius 2 is 1.73 bits per heavy atom. The summed E-state index contributed by atoms with van der Waals surface area (Å²) < 4.78 is 0. The van der Waals surface area contributed by atoms with E-state index in [1.807, 2.05) is 24.3 Å². The Labute approximate surface area is 78.0 Å². The molecule has 0 aliphatic rings. The fourth-order valence-electron chi connectivity index (χ4n) is 0.887. The highest BCUT2D eigenvalue weighted by Crippen LogP contribution is 2.09. The molecule has 1 aromatic carbocycles. The topological polar surface area (TPSA) is 26.0 Å². The number of nitrogens with two attached hydrogens (primary N) is 1. The van der Waals surface area contributed by atoms with Crippen LogP contribution in [0.2, 0.25) is 0 Å². The summed E-state index contributed by atoms with van der Waals surface area (Å²) in [5, 5.41) is 0. The van der Waals surface area contributed by atoms with Gasteiger partial charge >= 0.3 is 0 Å². The van der Waals surface area contributed by atoms with Gasteiger partial charge in [-0.3, -0.25) is 0 Å². The average molecular weight is 192 g/mol. The molecule has 0 aromatic heterocycles. The standard InChI is InChI=1S/C8H10ClN.ClH/c9-5-7-3-1-2-4-8(7)6-10;/h1-4H,5-6,10H2;1H. The van der Waals surface area contributed by atoms with Gasteiger partial charge in [0.25, 0.3) is 0 Å². The molecule has 0 heterocycles. The zero-order valence-corrected chi connectivity index (χ0v) is 7.66. The molecular formula is C8H11Cl2N. The Hall–Kier alpha value is -0.240. The molecule has 0 unspecified atom stereocenters. The van der Waals surface area contributed by atoms with Gasteiger partial charge in [0.15, 0.2) is 0 Å². The van der Waals surface area contributed by atoms with E-state index < -0.39 is 0 Å². The third kappa shape index (κ3) is 2.70. The van der Waals surface area contributed by atoms with Crippen molar-refractivity contribution >= 4 is 24.0 Å². The van der Waals surface area contributed by atoms with Gasteiger partial charge in [-0.05, 0) is 11.1 Å². The number of halogens is 2. The van der Waals surface area contributed by atoms with Gasteiger partial charge in [-0.15, -0.1) is 24.0 Å². The number of benzene rings is 1. The van der Waals surface area contributed by atoms with E-state index >= 15 is 0 Å². The molecule has 0 fully saturated rings. The molecule has 1 aromatic rings. The third-order valence-electron chi connectivity index (χ3n) is 1.48. The van der Waals surface area contributed by atoms with Crippen LogP contribution >= 0.6 is 24.0 Å². The van der Waals surface area contributed by atoms with E-state index in [0.29, 0.717) is 12.4 Å². The molecule has 62 valence electrons. The zero-order valence-electron chi connectivity index (χ0n) is 6.09. The summed E-state index contributed by atoms with van der Waals surface area (Å²) in [6, 6.07) is 7.93. The van der Waals surface area contributed by atoms with Crippen molar-refractivity contribution in [3.8, 4) is 0 Å². The molecule has 0 aliphatic heterocycles. The maximum absolute atomic E-state index is 5.66. The molecule has 0 saturated carbocycles. The van der Waals surface area contributed by atoms with Gasteiger partial charge in [0, 0.05) is 12.4 Å². The smallest absolute Gasteiger partial charge is 0.0477 e. The second-order valence-corrected chi connectivity index (χ2v) is 2.37. The molecule has 0 atom stereocenters. The quantitative estimate of drug-likeness (QED) is 0.715. The SMILES string of the molecule is Cl.NCc1ccccc1CCl. The van der Waals surface area contributed by atoms with Gasteiger partial charge in [0.2, 0.25) is 0 Å². The summed E-state index contributed by atoms with van der Waals surface area (Å²) in [5.41, 5.74) is 7.74. The summed E-state index contributed by atoms with van der Waals surface area (Å²) in [6.45, 7) is 0.572. The Balaban J connectivity index is 0.000001000. The molecule has 1 nitrogen and oxygen atoms in total. The van der Waals surface area contributed by atoms with Crippen LogP contribution in [0, 0.1) is 0 Å². The molecule has 0 amide bonds. The summed E-state index contributed by atoms with van der Waals surface area (Å²) >= 11 is 5.66. The van der Waals surface area contributed by atoms with Gasteiger partial charge in [-0.25, -0.2) is 0 Å². The van der Waals surface area contributed by atoms with Crippen molar-refractivity contribution in [2.45, 2.75) is 12.4 Å². The number of hydrogen-bond acceptors (Lipinski definition) is 1. The highest BCUT2D eigenvalue weighted by atomic mass is 35.5. The summed E-state index contributed by atoms with van der Waals surface area (Å²) in [4.78, 5) is 0. The zero-order chi connectivity index (χ0) is 7.40. The number of alkyl halides is 1. The third-order valence-corrected chi connectivity index (χ3v) is 1.77. The fourth-order valence-corrected chi connectivity index (χ4v) is 1.15. The maximum atomic E-state index is 5.66. The van der Waals surface area contributed by atoms with Gasteiger partial charge < -0.3 is 5.73 Å². The van der Waals surface area contributed by atoms with Crippen molar-refractivity contribution in [1.29, 1.82) is 0 Å². The van der Waals surface area contributed by atoms with E-state index in [4.69, 9.17) is 17.3 Å². The van der Waals surface area contributed by atoms with E-state index in [0.717, 1.165) is 11.1 Å². The fraction of sp³-hybridized carbons (Fsp3) is 0.250. The van der Waals surface area contributed by atoms with Crippen molar-refractivity contribution in [2.24, 2.45) is 5.73 Å². The van der Waals surface area contributed by atoms with Crippen LogP contribution in [0.25, 0.3) is 0 Å². The van der Waals surface area contributed by atoms with Crippen molar-refractivity contribution in [3.05, 3.63) is 35.4 Å². The van der Waals surface area contributed by atoms with Gasteiger partial charge in [-0.2, -0.15) is 0 Å². The molecule has 0 aliphatic carbocycles. The van der Waals surface area contributed by atoms with Gasteiger partial charge in [0.1, 0.15) is 0 Å². The highest BCUT2D eigenvalue weighted by Gasteiger charge is 1.95. The lowest BCUT2D eigenvalue weighted by molar-refractivity contribution is 1.04. The summed E-state index contributed by atoms with van der Waals surface area (Å²) in [6.07, 6.45) is 0. The van der Waals surface area contributed by atoms with E-state index in [-0.39, 0.29) is 12.4 Å². The average Bonchev–Trinajstić information content (AvgIpc) is 2.04. The molecule has 0 radical (unpaired) electrons. The van der Waals surface area contributed by atoms with Crippen LogP contribution in [-0.4, -0.2) is 0 Å². The Morgan fingerprint density at radius 3 is 2.09 bits per heavy atom. The normalized spacial score (nSPS) is 8.91. The first-order valence-corrected chi connectivity index (χ1v) is 3.74. The number of rotatable bonds is 2. The summed E-state index contributed by atoms with van der Waals surface area (Å²) in [5.74, 6) is 0.549. The second-order valence-electron chi connectivity index (χ2n) is 2.11. The lowest BCUT2D eigenvalue weighted by Gasteiger charge is -2.01.